The summed E-state index contributed by atoms with van der Waals surface area (Å²) in [6, 6.07) is 5.11. The van der Waals surface area contributed by atoms with Gasteiger partial charge in [0.05, 0.1) is 5.02 Å². The molecular formula is C11H13BrClNO2. The Morgan fingerprint density at radius 1 is 1.44 bits per heavy atom. The molecule has 1 N–H and O–H groups in total. The number of ether oxygens (including phenoxy) is 1. The Hall–Kier alpha value is -0.740. The van der Waals surface area contributed by atoms with Gasteiger partial charge in [0.15, 0.2) is 0 Å². The van der Waals surface area contributed by atoms with Crippen molar-refractivity contribution in [3.8, 4) is 0 Å². The van der Waals surface area contributed by atoms with Gasteiger partial charge in [-0.1, -0.05) is 11.6 Å². The summed E-state index contributed by atoms with van der Waals surface area (Å²) >= 11 is 9.11. The average Bonchev–Trinajstić information content (AvgIpc) is 2.08. The van der Waals surface area contributed by atoms with Crippen LogP contribution in [0.2, 0.25) is 5.02 Å². The van der Waals surface area contributed by atoms with E-state index in [4.69, 9.17) is 16.3 Å². The lowest BCUT2D eigenvalue weighted by atomic mass is 10.2. The second kappa shape index (κ2) is 5.06. The van der Waals surface area contributed by atoms with Crippen molar-refractivity contribution < 1.29 is 9.53 Å². The van der Waals surface area contributed by atoms with Gasteiger partial charge in [-0.15, -0.1) is 0 Å². The summed E-state index contributed by atoms with van der Waals surface area (Å²) in [4.78, 5) is 11.4. The maximum Gasteiger partial charge on any atom is 0.412 e. The van der Waals surface area contributed by atoms with Crippen molar-refractivity contribution in [2.75, 3.05) is 5.32 Å². The van der Waals surface area contributed by atoms with Crippen molar-refractivity contribution >= 4 is 39.3 Å². The fraction of sp³-hybridized carbons (Fsp3) is 0.364. The first-order valence-electron chi connectivity index (χ1n) is 4.73. The highest BCUT2D eigenvalue weighted by molar-refractivity contribution is 9.10. The summed E-state index contributed by atoms with van der Waals surface area (Å²) in [6.45, 7) is 5.43. The second-order valence-electron chi connectivity index (χ2n) is 4.26. The van der Waals surface area contributed by atoms with Crippen LogP contribution >= 0.6 is 27.5 Å². The third-order valence-corrected chi connectivity index (χ3v) is 2.78. The Balaban J connectivity index is 2.67. The summed E-state index contributed by atoms with van der Waals surface area (Å²) in [5.41, 5.74) is 0.124. The lowest BCUT2D eigenvalue weighted by molar-refractivity contribution is 0.0636. The summed E-state index contributed by atoms with van der Waals surface area (Å²) in [5, 5.41) is 3.21. The van der Waals surface area contributed by atoms with Crippen LogP contribution in [0.15, 0.2) is 22.7 Å². The van der Waals surface area contributed by atoms with E-state index in [1.54, 1.807) is 18.2 Å². The van der Waals surface area contributed by atoms with Gasteiger partial charge in [0.2, 0.25) is 0 Å². The van der Waals surface area contributed by atoms with Gasteiger partial charge in [-0.25, -0.2) is 4.79 Å². The molecule has 0 atom stereocenters. The molecule has 16 heavy (non-hydrogen) atoms. The van der Waals surface area contributed by atoms with E-state index in [1.165, 1.54) is 0 Å². The van der Waals surface area contributed by atoms with Crippen molar-refractivity contribution in [3.05, 3.63) is 27.7 Å². The molecule has 0 aliphatic carbocycles. The molecule has 0 aliphatic heterocycles. The Bertz CT molecular complexity index is 401. The number of hydrogen-bond donors (Lipinski definition) is 1. The van der Waals surface area contributed by atoms with Crippen molar-refractivity contribution in [1.82, 2.24) is 0 Å². The molecule has 0 bridgehead atoms. The summed E-state index contributed by atoms with van der Waals surface area (Å²) in [7, 11) is 0. The highest BCUT2D eigenvalue weighted by Crippen LogP contribution is 2.25. The monoisotopic (exact) mass is 305 g/mol. The maximum atomic E-state index is 11.4. The third-order valence-electron chi connectivity index (χ3n) is 1.56. The summed E-state index contributed by atoms with van der Waals surface area (Å²) in [6.07, 6.45) is -0.485. The smallest absolute Gasteiger partial charge is 0.412 e. The zero-order valence-corrected chi connectivity index (χ0v) is 11.6. The molecule has 0 aliphatic rings. The Morgan fingerprint density at radius 3 is 2.56 bits per heavy atom. The average molecular weight is 307 g/mol. The molecule has 1 amide bonds. The Kier molecular flexibility index (Phi) is 4.21. The van der Waals surface area contributed by atoms with Gasteiger partial charge in [-0.05, 0) is 54.9 Å². The van der Waals surface area contributed by atoms with Gasteiger partial charge in [-0.2, -0.15) is 0 Å². The molecule has 88 valence electrons. The minimum atomic E-state index is -0.506. The predicted molar refractivity (Wildman–Crippen MR) is 69.0 cm³/mol. The number of halogens is 2. The topological polar surface area (TPSA) is 38.3 Å². The van der Waals surface area contributed by atoms with E-state index in [0.717, 1.165) is 4.47 Å². The number of amides is 1. The quantitative estimate of drug-likeness (QED) is 0.832. The fourth-order valence-electron chi connectivity index (χ4n) is 0.995. The normalized spacial score (nSPS) is 11.1. The number of anilines is 1. The van der Waals surface area contributed by atoms with Crippen LogP contribution in [0.5, 0.6) is 0 Å². The van der Waals surface area contributed by atoms with E-state index in [0.29, 0.717) is 10.7 Å². The first-order chi connectivity index (χ1) is 7.28. The van der Waals surface area contributed by atoms with E-state index in [9.17, 15) is 4.79 Å². The molecule has 3 nitrogen and oxygen atoms in total. The lowest BCUT2D eigenvalue weighted by Gasteiger charge is -2.19. The van der Waals surface area contributed by atoms with Crippen molar-refractivity contribution in [1.29, 1.82) is 0 Å². The van der Waals surface area contributed by atoms with Gasteiger partial charge in [0.25, 0.3) is 0 Å². The lowest BCUT2D eigenvalue weighted by Crippen LogP contribution is -2.27. The minimum absolute atomic E-state index is 0.485. The zero-order chi connectivity index (χ0) is 12.3. The molecular weight excluding hydrogens is 293 g/mol. The zero-order valence-electron chi connectivity index (χ0n) is 9.30. The Morgan fingerprint density at radius 2 is 2.06 bits per heavy atom. The molecule has 0 radical (unpaired) electrons. The number of carbonyl (C=O) groups excluding carboxylic acids is 1. The SMILES string of the molecule is CC(C)(C)OC(=O)Nc1ccc(Cl)c(Br)c1. The fourth-order valence-corrected chi connectivity index (χ4v) is 1.49. The maximum absolute atomic E-state index is 11.4. The molecule has 0 saturated heterocycles. The van der Waals surface area contributed by atoms with Crippen LogP contribution < -0.4 is 5.32 Å². The van der Waals surface area contributed by atoms with Crippen LogP contribution in [-0.4, -0.2) is 11.7 Å². The Labute approximate surface area is 108 Å². The van der Waals surface area contributed by atoms with Crippen LogP contribution in [-0.2, 0) is 4.74 Å². The van der Waals surface area contributed by atoms with Crippen molar-refractivity contribution in [2.45, 2.75) is 26.4 Å². The van der Waals surface area contributed by atoms with Crippen molar-refractivity contribution in [3.63, 3.8) is 0 Å². The highest BCUT2D eigenvalue weighted by atomic mass is 79.9. The minimum Gasteiger partial charge on any atom is -0.444 e. The number of carbonyl (C=O) groups is 1. The molecule has 0 spiro atoms. The van der Waals surface area contributed by atoms with Gasteiger partial charge < -0.3 is 4.74 Å². The van der Waals surface area contributed by atoms with Crippen LogP contribution in [0.1, 0.15) is 20.8 Å². The molecule has 0 aromatic heterocycles. The standard InChI is InChI=1S/C11H13BrClNO2/c1-11(2,3)16-10(15)14-7-4-5-9(13)8(12)6-7/h4-6H,1-3H3,(H,14,15). The summed E-state index contributed by atoms with van der Waals surface area (Å²) < 4.78 is 5.84. The van der Waals surface area contributed by atoms with E-state index >= 15 is 0 Å². The molecule has 0 fully saturated rings. The van der Waals surface area contributed by atoms with Gasteiger partial charge in [-0.3, -0.25) is 5.32 Å². The number of hydrogen-bond acceptors (Lipinski definition) is 2. The number of rotatable bonds is 1. The first-order valence-corrected chi connectivity index (χ1v) is 5.90. The van der Waals surface area contributed by atoms with E-state index in [-0.39, 0.29) is 0 Å². The molecule has 0 heterocycles. The van der Waals surface area contributed by atoms with E-state index in [2.05, 4.69) is 21.2 Å². The molecule has 1 aromatic rings. The molecule has 0 unspecified atom stereocenters. The van der Waals surface area contributed by atoms with Crippen LogP contribution in [0.3, 0.4) is 0 Å². The van der Waals surface area contributed by atoms with Crippen molar-refractivity contribution in [2.24, 2.45) is 0 Å². The van der Waals surface area contributed by atoms with E-state index < -0.39 is 11.7 Å². The molecule has 5 heteroatoms. The molecule has 1 aromatic carbocycles. The van der Waals surface area contributed by atoms with Crippen LogP contribution in [0, 0.1) is 0 Å². The highest BCUT2D eigenvalue weighted by Gasteiger charge is 2.16. The van der Waals surface area contributed by atoms with Crippen LogP contribution in [0.4, 0.5) is 10.5 Å². The third kappa shape index (κ3) is 4.41. The number of benzene rings is 1. The predicted octanol–water partition coefficient (Wildman–Crippen LogP) is 4.45. The van der Waals surface area contributed by atoms with Gasteiger partial charge in [0, 0.05) is 10.2 Å². The number of nitrogens with one attached hydrogen (secondary N) is 1. The molecule has 1 rings (SSSR count). The van der Waals surface area contributed by atoms with Crippen LogP contribution in [0.25, 0.3) is 0 Å². The second-order valence-corrected chi connectivity index (χ2v) is 5.52. The first kappa shape index (κ1) is 13.3. The largest absolute Gasteiger partial charge is 0.444 e. The molecule has 0 saturated carbocycles. The summed E-state index contributed by atoms with van der Waals surface area (Å²) in [5.74, 6) is 0. The van der Waals surface area contributed by atoms with E-state index in [1.807, 2.05) is 20.8 Å². The van der Waals surface area contributed by atoms with Gasteiger partial charge in [0.1, 0.15) is 5.60 Å². The van der Waals surface area contributed by atoms with Gasteiger partial charge >= 0.3 is 6.09 Å².